The third kappa shape index (κ3) is 6.25. The molecule has 9 heteroatoms. The maximum absolute atomic E-state index is 13.6. The molecule has 7 rings (SSSR count). The van der Waals surface area contributed by atoms with Gasteiger partial charge in [-0.1, -0.05) is 35.8 Å². The van der Waals surface area contributed by atoms with Crippen LogP contribution in [0.3, 0.4) is 0 Å². The van der Waals surface area contributed by atoms with Crippen LogP contribution in [0.2, 0.25) is 0 Å². The van der Waals surface area contributed by atoms with Crippen molar-refractivity contribution in [1.29, 1.82) is 0 Å². The van der Waals surface area contributed by atoms with Gasteiger partial charge in [-0.25, -0.2) is 0 Å². The highest BCUT2D eigenvalue weighted by Crippen LogP contribution is 2.38. The molecule has 3 aliphatic heterocycles. The molecule has 2 aromatic carbocycles. The molecule has 42 heavy (non-hydrogen) atoms. The minimum atomic E-state index is -0.0582. The quantitative estimate of drug-likeness (QED) is 0.328. The summed E-state index contributed by atoms with van der Waals surface area (Å²) in [5.41, 5.74) is 1.81. The Labute approximate surface area is 245 Å². The number of amides is 2. The van der Waals surface area contributed by atoms with E-state index in [4.69, 9.17) is 14.0 Å². The smallest absolute Gasteiger partial charge is 0.257 e. The number of aromatic nitrogens is 2. The maximum Gasteiger partial charge on any atom is 0.257 e. The van der Waals surface area contributed by atoms with Crippen LogP contribution in [0.4, 0.5) is 0 Å². The summed E-state index contributed by atoms with van der Waals surface area (Å²) in [5, 5.41) is 5.03. The molecule has 5 heterocycles. The number of hydrogen-bond donors (Lipinski definition) is 0. The van der Waals surface area contributed by atoms with Gasteiger partial charge < -0.3 is 23.8 Å². The third-order valence-corrected chi connectivity index (χ3v) is 8.54. The number of nitrogens with zero attached hydrogens (tertiary/aromatic N) is 4. The molecular formula is C33H36N4O5. The average Bonchev–Trinajstić information content (AvgIpc) is 3.44. The molecule has 0 aliphatic carbocycles. The Morgan fingerprint density at radius 3 is 2.62 bits per heavy atom. The summed E-state index contributed by atoms with van der Waals surface area (Å²) in [7, 11) is 0. The Balaban J connectivity index is 1.21. The van der Waals surface area contributed by atoms with Gasteiger partial charge in [0.2, 0.25) is 5.91 Å². The molecule has 0 atom stereocenters. The van der Waals surface area contributed by atoms with Crippen LogP contribution < -0.4 is 9.47 Å². The number of fused-ring (bicyclic) bond motifs is 10. The van der Waals surface area contributed by atoms with Crippen molar-refractivity contribution in [2.45, 2.75) is 38.5 Å². The van der Waals surface area contributed by atoms with E-state index in [1.165, 1.54) is 0 Å². The normalized spacial score (nSPS) is 17.7. The summed E-state index contributed by atoms with van der Waals surface area (Å²) in [6.07, 6.45) is 8.09. The van der Waals surface area contributed by atoms with E-state index in [0.29, 0.717) is 62.0 Å². The van der Waals surface area contributed by atoms with E-state index in [1.54, 1.807) is 12.4 Å². The predicted molar refractivity (Wildman–Crippen MR) is 157 cm³/mol. The lowest BCUT2D eigenvalue weighted by molar-refractivity contribution is -0.131. The number of carbonyl (C=O) groups is 2. The van der Waals surface area contributed by atoms with Crippen molar-refractivity contribution < 1.29 is 23.6 Å². The molecular weight excluding hydrogens is 532 g/mol. The molecule has 1 fully saturated rings. The number of pyridine rings is 1. The van der Waals surface area contributed by atoms with E-state index >= 15 is 0 Å². The fourth-order valence-corrected chi connectivity index (χ4v) is 6.01. The van der Waals surface area contributed by atoms with Crippen LogP contribution in [-0.4, -0.2) is 71.1 Å². The molecule has 9 nitrogen and oxygen atoms in total. The largest absolute Gasteiger partial charge is 0.491 e. The van der Waals surface area contributed by atoms with Crippen molar-refractivity contribution in [2.75, 3.05) is 39.4 Å². The monoisotopic (exact) mass is 568 g/mol. The van der Waals surface area contributed by atoms with Gasteiger partial charge in [0.05, 0.1) is 31.3 Å². The van der Waals surface area contributed by atoms with Gasteiger partial charge in [0.1, 0.15) is 23.8 Å². The molecule has 0 N–H and O–H groups in total. The number of rotatable bonds is 5. The first-order valence-corrected chi connectivity index (χ1v) is 14.8. The van der Waals surface area contributed by atoms with Crippen molar-refractivity contribution in [1.82, 2.24) is 19.9 Å². The molecule has 4 aromatic rings. The molecule has 0 saturated carbocycles. The lowest BCUT2D eigenvalue weighted by Gasteiger charge is -2.42. The number of para-hydroxylation sites is 2. The minimum Gasteiger partial charge on any atom is -0.491 e. The third-order valence-electron chi connectivity index (χ3n) is 8.54. The van der Waals surface area contributed by atoms with Crippen molar-refractivity contribution >= 4 is 22.8 Å². The Bertz CT molecular complexity index is 1510. The van der Waals surface area contributed by atoms with Gasteiger partial charge in [0.25, 0.3) is 5.91 Å². The zero-order chi connectivity index (χ0) is 28.8. The van der Waals surface area contributed by atoms with Crippen LogP contribution in [-0.2, 0) is 11.2 Å². The van der Waals surface area contributed by atoms with Crippen LogP contribution in [0.5, 0.6) is 11.5 Å². The molecule has 2 amide bonds. The molecule has 1 saturated heterocycles. The van der Waals surface area contributed by atoms with Crippen molar-refractivity contribution in [3.05, 3.63) is 84.3 Å². The van der Waals surface area contributed by atoms with Gasteiger partial charge in [-0.15, -0.1) is 0 Å². The van der Waals surface area contributed by atoms with Crippen LogP contribution in [0.15, 0.2) is 77.6 Å². The lowest BCUT2D eigenvalue weighted by atomic mass is 9.75. The first kappa shape index (κ1) is 27.8. The maximum atomic E-state index is 13.6. The van der Waals surface area contributed by atoms with E-state index < -0.39 is 0 Å². The summed E-state index contributed by atoms with van der Waals surface area (Å²) in [5.74, 6) is 1.26. The molecule has 0 spiro atoms. The molecule has 0 radical (unpaired) electrons. The van der Waals surface area contributed by atoms with Gasteiger partial charge in [-0.05, 0) is 62.1 Å². The zero-order valence-electron chi connectivity index (χ0n) is 23.7. The number of ether oxygens (including phenoxy) is 2. The standard InChI is InChI=1S/C33H36N4O5/c38-31(22-28-26-9-1-4-12-30(26)42-35-28)36-17-6-5-13-33(24-41-25-8-7-16-34-23-25)14-18-37(19-15-33)32(39)27-10-2-3-11-29(27)40-21-20-36/h1-4,7-12,16,23H,5-6,13-15,17-22,24H2. The highest BCUT2D eigenvalue weighted by atomic mass is 16.5. The topological polar surface area (TPSA) is 98.0 Å². The highest BCUT2D eigenvalue weighted by molar-refractivity contribution is 5.97. The van der Waals surface area contributed by atoms with Crippen LogP contribution in [0.1, 0.15) is 48.2 Å². The average molecular weight is 569 g/mol. The Morgan fingerprint density at radius 1 is 0.929 bits per heavy atom. The second-order valence-corrected chi connectivity index (χ2v) is 11.3. The lowest BCUT2D eigenvalue weighted by Crippen LogP contribution is -2.45. The number of carbonyl (C=O) groups excluding carboxylic acids is 2. The molecule has 0 unspecified atom stereocenters. The minimum absolute atomic E-state index is 0.0203. The van der Waals surface area contributed by atoms with E-state index in [9.17, 15) is 9.59 Å². The summed E-state index contributed by atoms with van der Waals surface area (Å²) in [6.45, 7) is 3.22. The van der Waals surface area contributed by atoms with Gasteiger partial charge >= 0.3 is 0 Å². The summed E-state index contributed by atoms with van der Waals surface area (Å²) >= 11 is 0. The first-order valence-electron chi connectivity index (χ1n) is 14.8. The van der Waals surface area contributed by atoms with Gasteiger partial charge in [-0.2, -0.15) is 0 Å². The van der Waals surface area contributed by atoms with Crippen molar-refractivity contribution in [2.24, 2.45) is 5.41 Å². The zero-order valence-corrected chi connectivity index (χ0v) is 23.7. The van der Waals surface area contributed by atoms with E-state index in [0.717, 1.165) is 43.2 Å². The Kier molecular flexibility index (Phi) is 8.35. The molecule has 2 bridgehead atoms. The number of benzene rings is 2. The van der Waals surface area contributed by atoms with Crippen molar-refractivity contribution in [3.63, 3.8) is 0 Å². The summed E-state index contributed by atoms with van der Waals surface area (Å²) < 4.78 is 17.8. The van der Waals surface area contributed by atoms with E-state index in [-0.39, 0.29) is 23.7 Å². The highest BCUT2D eigenvalue weighted by Gasteiger charge is 2.37. The SMILES string of the molecule is O=C(Cc1noc2ccccc12)N1CCCCC2(COc3cccnc3)CCN(CC2)C(=O)c2ccccc2OCC1. The van der Waals surface area contributed by atoms with Gasteiger partial charge in [0, 0.05) is 36.6 Å². The Hall–Kier alpha value is -4.40. The number of piperidine rings is 1. The van der Waals surface area contributed by atoms with Crippen LogP contribution in [0.25, 0.3) is 11.0 Å². The van der Waals surface area contributed by atoms with Gasteiger partial charge in [0.15, 0.2) is 5.58 Å². The first-order chi connectivity index (χ1) is 20.6. The van der Waals surface area contributed by atoms with E-state index in [1.807, 2.05) is 70.5 Å². The van der Waals surface area contributed by atoms with Crippen molar-refractivity contribution in [3.8, 4) is 11.5 Å². The second kappa shape index (κ2) is 12.6. The molecule has 3 aliphatic rings. The molecule has 2 aromatic heterocycles. The number of hydrogen-bond acceptors (Lipinski definition) is 7. The second-order valence-electron chi connectivity index (χ2n) is 11.3. The van der Waals surface area contributed by atoms with Gasteiger partial charge in [-0.3, -0.25) is 14.6 Å². The van der Waals surface area contributed by atoms with E-state index in [2.05, 4.69) is 10.1 Å². The van der Waals surface area contributed by atoms with Crippen LogP contribution >= 0.6 is 0 Å². The molecule has 218 valence electrons. The fourth-order valence-electron chi connectivity index (χ4n) is 6.01. The van der Waals surface area contributed by atoms with Crippen LogP contribution in [0, 0.1) is 5.41 Å². The summed E-state index contributed by atoms with van der Waals surface area (Å²) in [4.78, 5) is 35.1. The Morgan fingerprint density at radius 2 is 1.76 bits per heavy atom. The summed E-state index contributed by atoms with van der Waals surface area (Å²) in [6, 6.07) is 18.8. The fraction of sp³-hybridized carbons (Fsp3) is 0.394. The predicted octanol–water partition coefficient (Wildman–Crippen LogP) is 5.16.